The minimum atomic E-state index is 0.133. The van der Waals surface area contributed by atoms with Crippen molar-refractivity contribution in [1.29, 1.82) is 0 Å². The molecule has 2 N–H and O–H groups in total. The first kappa shape index (κ1) is 8.87. The Morgan fingerprint density at radius 2 is 2.33 bits per heavy atom. The van der Waals surface area contributed by atoms with Gasteiger partial charge in [0.25, 0.3) is 0 Å². The van der Waals surface area contributed by atoms with E-state index in [-0.39, 0.29) is 12.3 Å². The van der Waals surface area contributed by atoms with Crippen molar-refractivity contribution in [3.05, 3.63) is 28.8 Å². The second-order valence-corrected chi connectivity index (χ2v) is 2.71. The van der Waals surface area contributed by atoms with Crippen LogP contribution in [-0.2, 0) is 11.3 Å². The quantitative estimate of drug-likeness (QED) is 0.698. The number of amides is 1. The first-order chi connectivity index (χ1) is 5.74. The van der Waals surface area contributed by atoms with Gasteiger partial charge in [-0.25, -0.2) is 0 Å². The molecule has 0 saturated carbocycles. The van der Waals surface area contributed by atoms with E-state index in [1.165, 1.54) is 6.07 Å². The van der Waals surface area contributed by atoms with Crippen molar-refractivity contribution in [3.63, 3.8) is 0 Å². The van der Waals surface area contributed by atoms with E-state index in [9.17, 15) is 9.90 Å². The molecule has 0 atom stereocenters. The molecule has 1 amide bonds. The summed E-state index contributed by atoms with van der Waals surface area (Å²) in [4.78, 5) is 9.95. The molecule has 0 spiro atoms. The smallest absolute Gasteiger partial charge is 0.207 e. The zero-order valence-corrected chi connectivity index (χ0v) is 7.01. The molecule has 0 fully saturated rings. The first-order valence-electron chi connectivity index (χ1n) is 3.38. The minimum Gasteiger partial charge on any atom is -0.508 e. The van der Waals surface area contributed by atoms with Crippen molar-refractivity contribution in [1.82, 2.24) is 5.32 Å². The molecule has 3 nitrogen and oxygen atoms in total. The van der Waals surface area contributed by atoms with Crippen LogP contribution in [0.1, 0.15) is 5.56 Å². The molecule has 0 aliphatic carbocycles. The monoisotopic (exact) mass is 185 g/mol. The van der Waals surface area contributed by atoms with Crippen LogP contribution in [0, 0.1) is 0 Å². The Balaban J connectivity index is 2.82. The van der Waals surface area contributed by atoms with Crippen LogP contribution in [0.25, 0.3) is 0 Å². The second-order valence-electron chi connectivity index (χ2n) is 2.27. The maximum absolute atomic E-state index is 9.95. The molecule has 12 heavy (non-hydrogen) atoms. The van der Waals surface area contributed by atoms with Gasteiger partial charge in [0, 0.05) is 17.1 Å². The van der Waals surface area contributed by atoms with Gasteiger partial charge < -0.3 is 10.4 Å². The third-order valence-corrected chi connectivity index (χ3v) is 1.65. The maximum Gasteiger partial charge on any atom is 0.207 e. The Bertz CT molecular complexity index is 288. The topological polar surface area (TPSA) is 49.3 Å². The fourth-order valence-electron chi connectivity index (χ4n) is 0.847. The summed E-state index contributed by atoms with van der Waals surface area (Å²) >= 11 is 5.67. The average molecular weight is 186 g/mol. The number of carbonyl (C=O) groups is 1. The van der Waals surface area contributed by atoms with Crippen molar-refractivity contribution in [2.24, 2.45) is 0 Å². The van der Waals surface area contributed by atoms with Gasteiger partial charge in [-0.15, -0.1) is 0 Å². The molecule has 1 aromatic carbocycles. The van der Waals surface area contributed by atoms with Crippen molar-refractivity contribution in [2.45, 2.75) is 6.54 Å². The second kappa shape index (κ2) is 3.97. The zero-order valence-electron chi connectivity index (χ0n) is 6.25. The third kappa shape index (κ3) is 2.13. The highest BCUT2D eigenvalue weighted by Gasteiger charge is 2.00. The van der Waals surface area contributed by atoms with Gasteiger partial charge in [-0.05, 0) is 18.2 Å². The molecule has 0 aromatic heterocycles. The molecule has 0 aliphatic rings. The van der Waals surface area contributed by atoms with E-state index in [2.05, 4.69) is 5.32 Å². The van der Waals surface area contributed by atoms with Crippen LogP contribution < -0.4 is 5.32 Å². The highest BCUT2D eigenvalue weighted by Crippen LogP contribution is 2.20. The van der Waals surface area contributed by atoms with Crippen LogP contribution >= 0.6 is 11.6 Å². The summed E-state index contributed by atoms with van der Waals surface area (Å²) in [5.41, 5.74) is 0.606. The molecular weight excluding hydrogens is 178 g/mol. The van der Waals surface area contributed by atoms with Crippen LogP contribution in [0.2, 0.25) is 5.02 Å². The Kier molecular flexibility index (Phi) is 2.94. The first-order valence-corrected chi connectivity index (χ1v) is 3.76. The summed E-state index contributed by atoms with van der Waals surface area (Å²) < 4.78 is 0. The summed E-state index contributed by atoms with van der Waals surface area (Å²) in [5.74, 6) is 0.133. The van der Waals surface area contributed by atoms with E-state index in [0.29, 0.717) is 17.0 Å². The van der Waals surface area contributed by atoms with E-state index < -0.39 is 0 Å². The molecular formula is C8H8ClNO2. The van der Waals surface area contributed by atoms with Crippen molar-refractivity contribution < 1.29 is 9.90 Å². The fraction of sp³-hybridized carbons (Fsp3) is 0.125. The van der Waals surface area contributed by atoms with Crippen LogP contribution in [0.4, 0.5) is 0 Å². The predicted molar refractivity (Wildman–Crippen MR) is 46.0 cm³/mol. The lowest BCUT2D eigenvalue weighted by Crippen LogP contribution is -2.09. The average Bonchev–Trinajstić information content (AvgIpc) is 2.07. The highest BCUT2D eigenvalue weighted by atomic mass is 35.5. The third-order valence-electron chi connectivity index (χ3n) is 1.42. The number of phenolic OH excluding ortho intramolecular Hbond substituents is 1. The van der Waals surface area contributed by atoms with Crippen LogP contribution in [-0.4, -0.2) is 11.5 Å². The molecule has 0 saturated heterocycles. The molecule has 64 valence electrons. The van der Waals surface area contributed by atoms with Gasteiger partial charge in [-0.2, -0.15) is 0 Å². The Morgan fingerprint density at radius 1 is 1.58 bits per heavy atom. The maximum atomic E-state index is 9.95. The van der Waals surface area contributed by atoms with Crippen molar-refractivity contribution >= 4 is 18.0 Å². The number of nitrogens with one attached hydrogen (secondary N) is 1. The summed E-state index contributed by atoms with van der Waals surface area (Å²) in [6, 6.07) is 4.68. The van der Waals surface area contributed by atoms with E-state index in [1.54, 1.807) is 12.1 Å². The summed E-state index contributed by atoms with van der Waals surface area (Å²) in [5, 5.41) is 12.2. The lowest BCUT2D eigenvalue weighted by molar-refractivity contribution is -0.109. The molecule has 0 aliphatic heterocycles. The Morgan fingerprint density at radius 3 is 3.00 bits per heavy atom. The number of aromatic hydroxyl groups is 1. The van der Waals surface area contributed by atoms with Crippen LogP contribution in [0.15, 0.2) is 18.2 Å². The molecule has 0 unspecified atom stereocenters. The van der Waals surface area contributed by atoms with E-state index >= 15 is 0 Å². The minimum absolute atomic E-state index is 0.133. The number of rotatable bonds is 3. The summed E-state index contributed by atoms with van der Waals surface area (Å²) in [7, 11) is 0. The molecule has 0 radical (unpaired) electrons. The van der Waals surface area contributed by atoms with Crippen LogP contribution in [0.3, 0.4) is 0 Å². The standard InChI is InChI=1S/C8H8ClNO2/c9-7-1-2-8(12)6(3-7)4-10-5-11/h1-3,5,12H,4H2,(H,10,11). The van der Waals surface area contributed by atoms with Crippen molar-refractivity contribution in [3.8, 4) is 5.75 Å². The largest absolute Gasteiger partial charge is 0.508 e. The molecule has 4 heteroatoms. The zero-order chi connectivity index (χ0) is 8.97. The van der Waals surface area contributed by atoms with Gasteiger partial charge in [-0.1, -0.05) is 11.6 Å². The number of hydrogen-bond donors (Lipinski definition) is 2. The highest BCUT2D eigenvalue weighted by molar-refractivity contribution is 6.30. The van der Waals surface area contributed by atoms with E-state index in [0.717, 1.165) is 0 Å². The van der Waals surface area contributed by atoms with Gasteiger partial charge in [0.15, 0.2) is 0 Å². The fourth-order valence-corrected chi connectivity index (χ4v) is 1.04. The van der Waals surface area contributed by atoms with E-state index in [4.69, 9.17) is 11.6 Å². The predicted octanol–water partition coefficient (Wildman–Crippen LogP) is 1.29. The molecule has 0 bridgehead atoms. The number of hydrogen-bond acceptors (Lipinski definition) is 2. The van der Waals surface area contributed by atoms with Gasteiger partial charge in [-0.3, -0.25) is 4.79 Å². The number of halogens is 1. The van der Waals surface area contributed by atoms with Crippen LogP contribution in [0.5, 0.6) is 5.75 Å². The molecule has 1 aromatic rings. The number of carbonyl (C=O) groups excluding carboxylic acids is 1. The Hall–Kier alpha value is -1.22. The lowest BCUT2D eigenvalue weighted by atomic mass is 10.2. The van der Waals surface area contributed by atoms with Crippen molar-refractivity contribution in [2.75, 3.05) is 0 Å². The number of benzene rings is 1. The van der Waals surface area contributed by atoms with Gasteiger partial charge >= 0.3 is 0 Å². The summed E-state index contributed by atoms with van der Waals surface area (Å²) in [6.07, 6.45) is 0.570. The Labute approximate surface area is 75.0 Å². The van der Waals surface area contributed by atoms with E-state index in [1.807, 2.05) is 0 Å². The van der Waals surface area contributed by atoms with Gasteiger partial charge in [0.1, 0.15) is 5.75 Å². The van der Waals surface area contributed by atoms with Gasteiger partial charge in [0.05, 0.1) is 0 Å². The molecule has 0 heterocycles. The normalized spacial score (nSPS) is 9.42. The number of phenols is 1. The SMILES string of the molecule is O=CNCc1cc(Cl)ccc1O. The van der Waals surface area contributed by atoms with Gasteiger partial charge in [0.2, 0.25) is 6.41 Å². The summed E-state index contributed by atoms with van der Waals surface area (Å²) in [6.45, 7) is 0.288. The molecule has 1 rings (SSSR count). The lowest BCUT2D eigenvalue weighted by Gasteiger charge is -2.02.